The smallest absolute Gasteiger partial charge is 0.141 e. The predicted molar refractivity (Wildman–Crippen MR) is 45.0 cm³/mol. The zero-order chi connectivity index (χ0) is 7.72. The van der Waals surface area contributed by atoms with E-state index in [1.807, 2.05) is 6.07 Å². The van der Waals surface area contributed by atoms with Crippen LogP contribution >= 0.6 is 15.9 Å². The number of benzene rings is 1. The third-order valence-corrected chi connectivity index (χ3v) is 1.75. The molecule has 0 amide bonds. The Hall–Kier alpha value is -0.700. The van der Waals surface area contributed by atoms with Crippen LogP contribution in [-0.2, 0) is 0 Å². The van der Waals surface area contributed by atoms with E-state index in [9.17, 15) is 5.11 Å². The highest BCUT2D eigenvalue weighted by Gasteiger charge is 2.00. The van der Waals surface area contributed by atoms with Crippen LogP contribution in [0.1, 0.15) is 5.56 Å². The lowest BCUT2D eigenvalue weighted by atomic mass is 10.2. The Kier molecular flexibility index (Phi) is 1.85. The number of aryl methyl sites for hydroxylation is 1. The summed E-state index contributed by atoms with van der Waals surface area (Å²) in [6, 6.07) is 3.48. The Morgan fingerprint density at radius 1 is 1.50 bits per heavy atom. The van der Waals surface area contributed by atoms with Crippen LogP contribution in [0.2, 0.25) is 0 Å². The molecular formula is C7H8BrNO. The first kappa shape index (κ1) is 7.41. The van der Waals surface area contributed by atoms with Gasteiger partial charge in [0.25, 0.3) is 0 Å². The Balaban J connectivity index is 3.31. The molecule has 0 bridgehead atoms. The topological polar surface area (TPSA) is 46.2 Å². The van der Waals surface area contributed by atoms with Gasteiger partial charge in [0, 0.05) is 4.47 Å². The number of nitrogens with two attached hydrogens (primary N) is 1. The maximum atomic E-state index is 9.18. The van der Waals surface area contributed by atoms with Crippen LogP contribution in [0.4, 0.5) is 5.69 Å². The summed E-state index contributed by atoms with van der Waals surface area (Å²) in [5, 5.41) is 9.18. The van der Waals surface area contributed by atoms with Crippen molar-refractivity contribution in [3.8, 4) is 5.75 Å². The van der Waals surface area contributed by atoms with Crippen LogP contribution in [0, 0.1) is 6.92 Å². The van der Waals surface area contributed by atoms with Crippen LogP contribution in [-0.4, -0.2) is 5.11 Å². The quantitative estimate of drug-likeness (QED) is 0.499. The highest BCUT2D eigenvalue weighted by atomic mass is 79.9. The number of phenols is 1. The molecule has 0 spiro atoms. The van der Waals surface area contributed by atoms with Crippen LogP contribution in [0.15, 0.2) is 16.6 Å². The van der Waals surface area contributed by atoms with Crippen molar-refractivity contribution in [1.82, 2.24) is 0 Å². The Morgan fingerprint density at radius 2 is 2.10 bits per heavy atom. The SMILES string of the molecule is Cc1cc(Br)cc(N)c1O. The summed E-state index contributed by atoms with van der Waals surface area (Å²) in [4.78, 5) is 0. The first-order valence-corrected chi connectivity index (χ1v) is 3.65. The van der Waals surface area contributed by atoms with E-state index in [0.717, 1.165) is 10.0 Å². The Morgan fingerprint density at radius 3 is 2.60 bits per heavy atom. The molecule has 0 aromatic heterocycles. The standard InChI is InChI=1S/C7H8BrNO/c1-4-2-5(8)3-6(9)7(4)10/h2-3,10H,9H2,1H3. The summed E-state index contributed by atoms with van der Waals surface area (Å²) in [5.41, 5.74) is 6.63. The molecule has 0 saturated heterocycles. The first-order chi connectivity index (χ1) is 4.61. The third-order valence-electron chi connectivity index (χ3n) is 1.29. The third kappa shape index (κ3) is 1.24. The van der Waals surface area contributed by atoms with Crippen molar-refractivity contribution in [3.63, 3.8) is 0 Å². The van der Waals surface area contributed by atoms with Gasteiger partial charge >= 0.3 is 0 Å². The highest BCUT2D eigenvalue weighted by molar-refractivity contribution is 9.10. The molecule has 1 aromatic rings. The Labute approximate surface area is 67.8 Å². The van der Waals surface area contributed by atoms with E-state index in [2.05, 4.69) is 15.9 Å². The molecule has 54 valence electrons. The lowest BCUT2D eigenvalue weighted by Crippen LogP contribution is -1.87. The summed E-state index contributed by atoms with van der Waals surface area (Å²) < 4.78 is 0.889. The molecule has 0 aliphatic heterocycles. The van der Waals surface area contributed by atoms with Gasteiger partial charge in [-0.3, -0.25) is 0 Å². The van der Waals surface area contributed by atoms with E-state index in [1.165, 1.54) is 0 Å². The van der Waals surface area contributed by atoms with E-state index >= 15 is 0 Å². The largest absolute Gasteiger partial charge is 0.506 e. The van der Waals surface area contributed by atoms with Gasteiger partial charge in [0.05, 0.1) is 5.69 Å². The van der Waals surface area contributed by atoms with Crippen molar-refractivity contribution in [2.75, 3.05) is 5.73 Å². The van der Waals surface area contributed by atoms with Crippen molar-refractivity contribution < 1.29 is 5.11 Å². The number of nitrogen functional groups attached to an aromatic ring is 1. The van der Waals surface area contributed by atoms with Crippen molar-refractivity contribution in [3.05, 3.63) is 22.2 Å². The molecule has 0 unspecified atom stereocenters. The summed E-state index contributed by atoms with van der Waals surface area (Å²) in [5.74, 6) is 0.170. The van der Waals surface area contributed by atoms with Gasteiger partial charge in [-0.25, -0.2) is 0 Å². The summed E-state index contributed by atoms with van der Waals surface area (Å²) in [6.45, 7) is 1.80. The highest BCUT2D eigenvalue weighted by Crippen LogP contribution is 2.28. The molecule has 0 heterocycles. The molecule has 3 heteroatoms. The molecule has 0 radical (unpaired) electrons. The molecule has 3 N–H and O–H groups in total. The van der Waals surface area contributed by atoms with E-state index < -0.39 is 0 Å². The van der Waals surface area contributed by atoms with Gasteiger partial charge < -0.3 is 10.8 Å². The van der Waals surface area contributed by atoms with Gasteiger partial charge in [-0.2, -0.15) is 0 Å². The second-order valence-corrected chi connectivity index (χ2v) is 3.08. The van der Waals surface area contributed by atoms with Crippen molar-refractivity contribution in [2.45, 2.75) is 6.92 Å². The van der Waals surface area contributed by atoms with Gasteiger partial charge in [-0.15, -0.1) is 0 Å². The lowest BCUT2D eigenvalue weighted by Gasteiger charge is -2.02. The van der Waals surface area contributed by atoms with Crippen LogP contribution in [0.3, 0.4) is 0 Å². The number of rotatable bonds is 0. The number of anilines is 1. The number of hydrogen-bond donors (Lipinski definition) is 2. The maximum absolute atomic E-state index is 9.18. The minimum atomic E-state index is 0.170. The fraction of sp³-hybridized carbons (Fsp3) is 0.143. The second kappa shape index (κ2) is 2.50. The zero-order valence-electron chi connectivity index (χ0n) is 5.56. The average molecular weight is 202 g/mol. The number of aromatic hydroxyl groups is 1. The maximum Gasteiger partial charge on any atom is 0.141 e. The number of phenolic OH excluding ortho intramolecular Hbond substituents is 1. The van der Waals surface area contributed by atoms with E-state index in [1.54, 1.807) is 13.0 Å². The molecule has 2 nitrogen and oxygen atoms in total. The minimum Gasteiger partial charge on any atom is -0.506 e. The molecule has 0 saturated carbocycles. The second-order valence-electron chi connectivity index (χ2n) is 2.16. The van der Waals surface area contributed by atoms with Gasteiger partial charge in [0.1, 0.15) is 5.75 Å². The summed E-state index contributed by atoms with van der Waals surface area (Å²) in [7, 11) is 0. The minimum absolute atomic E-state index is 0.170. The van der Waals surface area contributed by atoms with E-state index in [4.69, 9.17) is 5.73 Å². The molecule has 1 aromatic carbocycles. The average Bonchev–Trinajstić information content (AvgIpc) is 1.82. The molecule has 1 rings (SSSR count). The number of hydrogen-bond acceptors (Lipinski definition) is 2. The van der Waals surface area contributed by atoms with Gasteiger partial charge in [-0.1, -0.05) is 15.9 Å². The molecule has 0 fully saturated rings. The van der Waals surface area contributed by atoms with Gasteiger partial charge in [0.15, 0.2) is 0 Å². The fourth-order valence-electron chi connectivity index (χ4n) is 0.761. The molecule has 0 aliphatic carbocycles. The lowest BCUT2D eigenvalue weighted by molar-refractivity contribution is 0.473. The van der Waals surface area contributed by atoms with Crippen LogP contribution < -0.4 is 5.73 Å². The summed E-state index contributed by atoms with van der Waals surface area (Å²) >= 11 is 3.26. The van der Waals surface area contributed by atoms with Crippen molar-refractivity contribution >= 4 is 21.6 Å². The number of halogens is 1. The normalized spacial score (nSPS) is 9.80. The van der Waals surface area contributed by atoms with Crippen LogP contribution in [0.5, 0.6) is 5.75 Å². The molecular weight excluding hydrogens is 194 g/mol. The predicted octanol–water partition coefficient (Wildman–Crippen LogP) is 2.05. The van der Waals surface area contributed by atoms with E-state index in [-0.39, 0.29) is 5.75 Å². The first-order valence-electron chi connectivity index (χ1n) is 2.86. The van der Waals surface area contributed by atoms with Crippen LogP contribution in [0.25, 0.3) is 0 Å². The monoisotopic (exact) mass is 201 g/mol. The Bertz CT molecular complexity index is 237. The van der Waals surface area contributed by atoms with E-state index in [0.29, 0.717) is 5.69 Å². The van der Waals surface area contributed by atoms with Gasteiger partial charge in [0.2, 0.25) is 0 Å². The van der Waals surface area contributed by atoms with Crippen molar-refractivity contribution in [2.24, 2.45) is 0 Å². The molecule has 0 atom stereocenters. The molecule has 10 heavy (non-hydrogen) atoms. The fourth-order valence-corrected chi connectivity index (χ4v) is 1.35. The summed E-state index contributed by atoms with van der Waals surface area (Å²) in [6.07, 6.45) is 0. The zero-order valence-corrected chi connectivity index (χ0v) is 7.14. The van der Waals surface area contributed by atoms with Crippen molar-refractivity contribution in [1.29, 1.82) is 0 Å². The van der Waals surface area contributed by atoms with Gasteiger partial charge in [-0.05, 0) is 24.6 Å². The molecule has 0 aliphatic rings.